The van der Waals surface area contributed by atoms with Crippen LogP contribution in [-0.4, -0.2) is 46.0 Å². The second-order valence-corrected chi connectivity index (χ2v) is 10.2. The van der Waals surface area contributed by atoms with Crippen LogP contribution in [0.15, 0.2) is 30.3 Å². The minimum Gasteiger partial charge on any atom is -0.491 e. The summed E-state index contributed by atoms with van der Waals surface area (Å²) in [6.07, 6.45) is 1.19. The Morgan fingerprint density at radius 3 is 2.30 bits per heavy atom. The molecule has 1 unspecified atom stereocenters. The highest BCUT2D eigenvalue weighted by Gasteiger charge is 2.34. The van der Waals surface area contributed by atoms with Gasteiger partial charge >= 0.3 is 0 Å². The summed E-state index contributed by atoms with van der Waals surface area (Å²) >= 11 is 0. The lowest BCUT2D eigenvalue weighted by Crippen LogP contribution is -2.36. The maximum atomic E-state index is 12.7. The number of hydrogen-bond acceptors (Lipinski definition) is 4. The molecule has 1 heterocycles. The molecule has 184 valence electrons. The SMILES string of the molecule is CCC(CC)(c1ccc(OCC(O)C(C)(C)C)c(C)c1)c1ccc(C(=O)N[C@@H](C)CO)n1C. The van der Waals surface area contributed by atoms with Crippen LogP contribution in [0.2, 0.25) is 0 Å². The van der Waals surface area contributed by atoms with Crippen molar-refractivity contribution in [2.24, 2.45) is 12.5 Å². The van der Waals surface area contributed by atoms with Gasteiger partial charge < -0.3 is 24.8 Å². The van der Waals surface area contributed by atoms with Crippen molar-refractivity contribution in [3.8, 4) is 5.75 Å². The molecule has 33 heavy (non-hydrogen) atoms. The summed E-state index contributed by atoms with van der Waals surface area (Å²) in [7, 11) is 1.92. The Hall–Kier alpha value is -2.31. The van der Waals surface area contributed by atoms with Crippen LogP contribution in [0.4, 0.5) is 0 Å². The van der Waals surface area contributed by atoms with Crippen molar-refractivity contribution in [3.05, 3.63) is 52.8 Å². The third-order valence-corrected chi connectivity index (χ3v) is 6.83. The van der Waals surface area contributed by atoms with Crippen LogP contribution in [0, 0.1) is 12.3 Å². The first-order chi connectivity index (χ1) is 15.4. The van der Waals surface area contributed by atoms with Crippen molar-refractivity contribution in [2.45, 2.75) is 78.9 Å². The molecule has 2 aromatic rings. The lowest BCUT2D eigenvalue weighted by atomic mass is 9.72. The number of nitrogens with one attached hydrogen (secondary N) is 1. The Kier molecular flexibility index (Phi) is 8.77. The van der Waals surface area contributed by atoms with Crippen LogP contribution in [0.5, 0.6) is 5.75 Å². The second kappa shape index (κ2) is 10.7. The quantitative estimate of drug-likeness (QED) is 0.495. The van der Waals surface area contributed by atoms with Gasteiger partial charge in [0.2, 0.25) is 0 Å². The van der Waals surface area contributed by atoms with Gasteiger partial charge in [-0.25, -0.2) is 0 Å². The third kappa shape index (κ3) is 5.79. The monoisotopic (exact) mass is 458 g/mol. The van der Waals surface area contributed by atoms with E-state index in [1.165, 1.54) is 5.56 Å². The molecule has 3 N–H and O–H groups in total. The van der Waals surface area contributed by atoms with Gasteiger partial charge in [-0.3, -0.25) is 4.79 Å². The lowest BCUT2D eigenvalue weighted by molar-refractivity contribution is 0.0216. The number of hydrogen-bond donors (Lipinski definition) is 3. The number of nitrogens with zero attached hydrogens (tertiary/aromatic N) is 1. The van der Waals surface area contributed by atoms with E-state index in [0.717, 1.165) is 29.8 Å². The molecule has 2 rings (SSSR count). The van der Waals surface area contributed by atoms with Crippen molar-refractivity contribution in [2.75, 3.05) is 13.2 Å². The van der Waals surface area contributed by atoms with E-state index in [9.17, 15) is 15.0 Å². The van der Waals surface area contributed by atoms with E-state index >= 15 is 0 Å². The Balaban J connectivity index is 2.38. The highest BCUT2D eigenvalue weighted by molar-refractivity contribution is 5.93. The molecular weight excluding hydrogens is 416 g/mol. The zero-order chi connectivity index (χ0) is 25.0. The summed E-state index contributed by atoms with van der Waals surface area (Å²) in [5.41, 5.74) is 3.34. The Morgan fingerprint density at radius 1 is 1.15 bits per heavy atom. The van der Waals surface area contributed by atoms with Crippen molar-refractivity contribution < 1.29 is 19.7 Å². The first-order valence-electron chi connectivity index (χ1n) is 11.9. The number of aliphatic hydroxyl groups is 2. The minimum atomic E-state index is -0.552. The number of rotatable bonds is 10. The van der Waals surface area contributed by atoms with Crippen molar-refractivity contribution in [3.63, 3.8) is 0 Å². The molecule has 1 aromatic carbocycles. The Morgan fingerprint density at radius 2 is 1.79 bits per heavy atom. The van der Waals surface area contributed by atoms with Crippen molar-refractivity contribution in [1.29, 1.82) is 0 Å². The molecule has 1 amide bonds. The predicted molar refractivity (Wildman–Crippen MR) is 133 cm³/mol. The molecule has 0 saturated carbocycles. The van der Waals surface area contributed by atoms with Gasteiger partial charge in [-0.2, -0.15) is 0 Å². The van der Waals surface area contributed by atoms with Gasteiger partial charge in [-0.05, 0) is 61.4 Å². The number of ether oxygens (including phenoxy) is 1. The topological polar surface area (TPSA) is 83.7 Å². The highest BCUT2D eigenvalue weighted by Crippen LogP contribution is 2.41. The normalized spacial score (nSPS) is 14.1. The van der Waals surface area contributed by atoms with Crippen LogP contribution >= 0.6 is 0 Å². The van der Waals surface area contributed by atoms with E-state index in [-0.39, 0.29) is 36.0 Å². The van der Waals surface area contributed by atoms with Gasteiger partial charge in [0.1, 0.15) is 18.1 Å². The molecule has 0 aliphatic carbocycles. The van der Waals surface area contributed by atoms with E-state index in [1.54, 1.807) is 6.92 Å². The number of carbonyl (C=O) groups is 1. The second-order valence-electron chi connectivity index (χ2n) is 10.2. The van der Waals surface area contributed by atoms with Gasteiger partial charge in [0.25, 0.3) is 5.91 Å². The molecule has 0 saturated heterocycles. The standard InChI is InChI=1S/C27H42N2O4/c1-9-27(10-2,23-14-12-21(29(23)8)25(32)28-19(4)16-30)20-11-13-22(18(3)15-20)33-17-24(31)26(5,6)7/h11-15,19,24,30-31H,9-10,16-17H2,1-8H3,(H,28,32)/t19-,24?/m0/s1. The van der Waals surface area contributed by atoms with Crippen molar-refractivity contribution >= 4 is 5.91 Å². The molecule has 0 fully saturated rings. The molecule has 2 atom stereocenters. The van der Waals surface area contributed by atoms with E-state index in [2.05, 4.69) is 31.3 Å². The zero-order valence-electron chi connectivity index (χ0n) is 21.5. The first kappa shape index (κ1) is 26.9. The maximum absolute atomic E-state index is 12.7. The van der Waals surface area contributed by atoms with Gasteiger partial charge in [0.05, 0.1) is 12.7 Å². The van der Waals surface area contributed by atoms with Crippen molar-refractivity contribution in [1.82, 2.24) is 9.88 Å². The fraction of sp³-hybridized carbons (Fsp3) is 0.593. The van der Waals surface area contributed by atoms with E-state index < -0.39 is 6.10 Å². The van der Waals surface area contributed by atoms with Crippen LogP contribution in [0.1, 0.15) is 81.7 Å². The van der Waals surface area contributed by atoms with Crippen LogP contribution in [0.3, 0.4) is 0 Å². The largest absolute Gasteiger partial charge is 0.491 e. The van der Waals surface area contributed by atoms with E-state index in [0.29, 0.717) is 5.69 Å². The molecule has 6 heteroatoms. The number of aliphatic hydroxyl groups excluding tert-OH is 2. The number of amides is 1. The summed E-state index contributed by atoms with van der Waals surface area (Å²) in [6.45, 7) is 14.3. The molecule has 0 radical (unpaired) electrons. The third-order valence-electron chi connectivity index (χ3n) is 6.83. The molecule has 6 nitrogen and oxygen atoms in total. The summed E-state index contributed by atoms with van der Waals surface area (Å²) in [5, 5.41) is 22.4. The number of aryl methyl sites for hydroxylation is 1. The van der Waals surface area contributed by atoms with Gasteiger partial charge in [-0.1, -0.05) is 46.8 Å². The number of benzene rings is 1. The van der Waals surface area contributed by atoms with Crippen LogP contribution < -0.4 is 10.1 Å². The van der Waals surface area contributed by atoms with E-state index in [4.69, 9.17) is 4.74 Å². The average molecular weight is 459 g/mol. The number of carbonyl (C=O) groups excluding carboxylic acids is 1. The smallest absolute Gasteiger partial charge is 0.268 e. The summed E-state index contributed by atoms with van der Waals surface area (Å²) in [6, 6.07) is 9.83. The zero-order valence-corrected chi connectivity index (χ0v) is 21.5. The number of aromatic nitrogens is 1. The van der Waals surface area contributed by atoms with Crippen LogP contribution in [0.25, 0.3) is 0 Å². The Labute approximate surface area is 199 Å². The van der Waals surface area contributed by atoms with Crippen LogP contribution in [-0.2, 0) is 12.5 Å². The highest BCUT2D eigenvalue weighted by atomic mass is 16.5. The summed E-state index contributed by atoms with van der Waals surface area (Å²) < 4.78 is 7.91. The predicted octanol–water partition coefficient (Wildman–Crippen LogP) is 4.34. The molecule has 0 aliphatic heterocycles. The molecular formula is C27H42N2O4. The molecule has 0 bridgehead atoms. The summed E-state index contributed by atoms with van der Waals surface area (Å²) in [4.78, 5) is 12.7. The molecule has 1 aromatic heterocycles. The summed E-state index contributed by atoms with van der Waals surface area (Å²) in [5.74, 6) is 0.580. The van der Waals surface area contributed by atoms with Gasteiger partial charge in [0, 0.05) is 24.2 Å². The maximum Gasteiger partial charge on any atom is 0.268 e. The van der Waals surface area contributed by atoms with Gasteiger partial charge in [0.15, 0.2) is 0 Å². The van der Waals surface area contributed by atoms with E-state index in [1.807, 2.05) is 57.5 Å². The van der Waals surface area contributed by atoms with Gasteiger partial charge in [-0.15, -0.1) is 0 Å². The lowest BCUT2D eigenvalue weighted by Gasteiger charge is -2.34. The Bertz CT molecular complexity index is 938. The first-order valence-corrected chi connectivity index (χ1v) is 11.9. The molecule has 0 spiro atoms. The molecule has 0 aliphatic rings. The minimum absolute atomic E-state index is 0.0998. The fourth-order valence-corrected chi connectivity index (χ4v) is 4.26. The average Bonchev–Trinajstić information content (AvgIpc) is 3.15. The fourth-order valence-electron chi connectivity index (χ4n) is 4.26.